The maximum Gasteiger partial charge on any atom is 0.243 e. The molecular weight excluding hydrogens is 504 g/mol. The Bertz CT molecular complexity index is 1170. The molecule has 3 aromatic carbocycles. The number of carbonyl (C=O) groups excluding carboxylic acids is 1. The molecule has 174 valence electrons. The maximum absolute atomic E-state index is 13.4. The van der Waals surface area contributed by atoms with Crippen molar-refractivity contribution in [2.24, 2.45) is 0 Å². The van der Waals surface area contributed by atoms with Crippen LogP contribution in [0.5, 0.6) is 5.75 Å². The summed E-state index contributed by atoms with van der Waals surface area (Å²) in [5.41, 5.74) is 1.82. The molecule has 0 spiro atoms. The van der Waals surface area contributed by atoms with Gasteiger partial charge in [0.25, 0.3) is 0 Å². The zero-order chi connectivity index (χ0) is 23.8. The van der Waals surface area contributed by atoms with Crippen LogP contribution in [0, 0.1) is 0 Å². The summed E-state index contributed by atoms with van der Waals surface area (Å²) in [5.74, 6) is 0.274. The Morgan fingerprint density at radius 2 is 1.64 bits per heavy atom. The van der Waals surface area contributed by atoms with E-state index in [0.29, 0.717) is 12.2 Å². The average Bonchev–Trinajstić information content (AvgIpc) is 2.82. The number of ether oxygens (including phenoxy) is 1. The summed E-state index contributed by atoms with van der Waals surface area (Å²) in [5, 5.41) is 2.90. The molecule has 1 atom stereocenters. The number of nitrogens with zero attached hydrogens (tertiary/aromatic N) is 1. The van der Waals surface area contributed by atoms with Gasteiger partial charge in [0.15, 0.2) is 0 Å². The van der Waals surface area contributed by atoms with Gasteiger partial charge in [0.1, 0.15) is 5.75 Å². The van der Waals surface area contributed by atoms with E-state index in [1.165, 1.54) is 16.4 Å². The molecule has 6 nitrogen and oxygen atoms in total. The van der Waals surface area contributed by atoms with Gasteiger partial charge < -0.3 is 10.1 Å². The minimum atomic E-state index is -3.87. The van der Waals surface area contributed by atoms with Gasteiger partial charge in [-0.15, -0.1) is 0 Å². The fourth-order valence-electron chi connectivity index (χ4n) is 3.49. The highest BCUT2D eigenvalue weighted by Gasteiger charge is 2.27. The molecule has 33 heavy (non-hydrogen) atoms. The van der Waals surface area contributed by atoms with Crippen molar-refractivity contribution in [3.8, 4) is 5.75 Å². The lowest BCUT2D eigenvalue weighted by atomic mass is 10.1. The number of para-hydroxylation sites is 1. The van der Waals surface area contributed by atoms with E-state index in [0.717, 1.165) is 15.6 Å². The van der Waals surface area contributed by atoms with Crippen molar-refractivity contribution < 1.29 is 17.9 Å². The van der Waals surface area contributed by atoms with Crippen LogP contribution in [-0.2, 0) is 21.2 Å². The molecule has 0 saturated carbocycles. The van der Waals surface area contributed by atoms with Crippen LogP contribution >= 0.6 is 15.9 Å². The van der Waals surface area contributed by atoms with E-state index in [1.54, 1.807) is 19.2 Å². The molecule has 0 fully saturated rings. The van der Waals surface area contributed by atoms with Crippen molar-refractivity contribution >= 4 is 31.9 Å². The van der Waals surface area contributed by atoms with Gasteiger partial charge in [0.2, 0.25) is 15.9 Å². The minimum absolute atomic E-state index is 0.143. The molecule has 1 N–H and O–H groups in total. The number of hydrogen-bond acceptors (Lipinski definition) is 4. The van der Waals surface area contributed by atoms with Gasteiger partial charge in [-0.05, 0) is 49.2 Å². The average molecular weight is 531 g/mol. The standard InChI is InChI=1S/C25H27BrN2O4S/c1-19(23-10-6-7-11-24(23)32-2)27-25(29)18-28(17-16-20-8-4-3-5-9-20)33(30,31)22-14-12-21(26)13-15-22/h3-15,19H,16-18H2,1-2H3,(H,27,29)/t19-/m1/s1. The molecule has 0 saturated heterocycles. The summed E-state index contributed by atoms with van der Waals surface area (Å²) in [6.07, 6.45) is 0.492. The molecule has 0 bridgehead atoms. The zero-order valence-electron chi connectivity index (χ0n) is 18.6. The maximum atomic E-state index is 13.4. The summed E-state index contributed by atoms with van der Waals surface area (Å²) in [6, 6.07) is 23.1. The zero-order valence-corrected chi connectivity index (χ0v) is 21.0. The minimum Gasteiger partial charge on any atom is -0.496 e. The predicted octanol–water partition coefficient (Wildman–Crippen LogP) is 4.57. The van der Waals surface area contributed by atoms with E-state index in [4.69, 9.17) is 4.74 Å². The smallest absolute Gasteiger partial charge is 0.243 e. The normalized spacial score (nSPS) is 12.4. The predicted molar refractivity (Wildman–Crippen MR) is 133 cm³/mol. The van der Waals surface area contributed by atoms with E-state index in [-0.39, 0.29) is 29.9 Å². The molecule has 0 aliphatic carbocycles. The van der Waals surface area contributed by atoms with Gasteiger partial charge in [-0.25, -0.2) is 8.42 Å². The molecule has 0 heterocycles. The largest absolute Gasteiger partial charge is 0.496 e. The summed E-state index contributed by atoms with van der Waals surface area (Å²) in [4.78, 5) is 13.1. The van der Waals surface area contributed by atoms with Crippen LogP contribution in [0.3, 0.4) is 0 Å². The number of rotatable bonds is 10. The molecular formula is C25H27BrN2O4S. The lowest BCUT2D eigenvalue weighted by molar-refractivity contribution is -0.121. The number of nitrogens with one attached hydrogen (secondary N) is 1. The van der Waals surface area contributed by atoms with Crippen molar-refractivity contribution in [3.05, 3.63) is 94.5 Å². The second-order valence-electron chi connectivity index (χ2n) is 7.56. The molecule has 1 amide bonds. The number of amides is 1. The SMILES string of the molecule is COc1ccccc1[C@@H](C)NC(=O)CN(CCc1ccccc1)S(=O)(=O)c1ccc(Br)cc1. The van der Waals surface area contributed by atoms with Crippen molar-refractivity contribution in [3.63, 3.8) is 0 Å². The van der Waals surface area contributed by atoms with E-state index in [1.807, 2.05) is 61.5 Å². The Labute approximate surface area is 203 Å². The number of carbonyl (C=O) groups is 1. The highest BCUT2D eigenvalue weighted by Crippen LogP contribution is 2.24. The van der Waals surface area contributed by atoms with Crippen LogP contribution in [0.4, 0.5) is 0 Å². The highest BCUT2D eigenvalue weighted by atomic mass is 79.9. The van der Waals surface area contributed by atoms with Crippen LogP contribution in [0.1, 0.15) is 24.1 Å². The third kappa shape index (κ3) is 6.66. The highest BCUT2D eigenvalue weighted by molar-refractivity contribution is 9.10. The Morgan fingerprint density at radius 3 is 2.30 bits per heavy atom. The van der Waals surface area contributed by atoms with E-state index in [9.17, 15) is 13.2 Å². The van der Waals surface area contributed by atoms with Gasteiger partial charge in [0, 0.05) is 16.6 Å². The second-order valence-corrected chi connectivity index (χ2v) is 10.4. The molecule has 0 aliphatic heterocycles. The van der Waals surface area contributed by atoms with Gasteiger partial charge >= 0.3 is 0 Å². The Kier molecular flexibility index (Phi) is 8.66. The summed E-state index contributed by atoms with van der Waals surface area (Å²) < 4.78 is 34.1. The van der Waals surface area contributed by atoms with Gasteiger partial charge in [-0.2, -0.15) is 4.31 Å². The van der Waals surface area contributed by atoms with Crippen molar-refractivity contribution in [2.75, 3.05) is 20.2 Å². The molecule has 0 radical (unpaired) electrons. The Morgan fingerprint density at radius 1 is 1.00 bits per heavy atom. The first-order valence-electron chi connectivity index (χ1n) is 10.5. The summed E-state index contributed by atoms with van der Waals surface area (Å²) in [6.45, 7) is 1.73. The molecule has 3 aromatic rings. The lowest BCUT2D eigenvalue weighted by Crippen LogP contribution is -2.42. The third-order valence-corrected chi connectivity index (χ3v) is 7.64. The summed E-state index contributed by atoms with van der Waals surface area (Å²) >= 11 is 3.33. The first-order chi connectivity index (χ1) is 15.8. The quantitative estimate of drug-likeness (QED) is 0.416. The molecule has 0 aliphatic rings. The van der Waals surface area contributed by atoms with Crippen LogP contribution < -0.4 is 10.1 Å². The molecule has 8 heteroatoms. The second kappa shape index (κ2) is 11.4. The summed E-state index contributed by atoms with van der Waals surface area (Å²) in [7, 11) is -2.30. The number of methoxy groups -OCH3 is 1. The number of benzene rings is 3. The van der Waals surface area contributed by atoms with Crippen LogP contribution in [-0.4, -0.2) is 38.8 Å². The van der Waals surface area contributed by atoms with Gasteiger partial charge in [0.05, 0.1) is 24.6 Å². The first-order valence-corrected chi connectivity index (χ1v) is 12.8. The monoisotopic (exact) mass is 530 g/mol. The van der Waals surface area contributed by atoms with Crippen LogP contribution in [0.25, 0.3) is 0 Å². The topological polar surface area (TPSA) is 75.7 Å². The lowest BCUT2D eigenvalue weighted by Gasteiger charge is -2.24. The van der Waals surface area contributed by atoms with Crippen molar-refractivity contribution in [1.29, 1.82) is 0 Å². The number of hydrogen-bond donors (Lipinski definition) is 1. The number of halogens is 1. The Balaban J connectivity index is 1.79. The number of sulfonamides is 1. The van der Waals surface area contributed by atoms with Crippen molar-refractivity contribution in [2.45, 2.75) is 24.3 Å². The molecule has 0 aromatic heterocycles. The van der Waals surface area contributed by atoms with Crippen LogP contribution in [0.15, 0.2) is 88.2 Å². The van der Waals surface area contributed by atoms with Crippen molar-refractivity contribution in [1.82, 2.24) is 9.62 Å². The Hall–Kier alpha value is -2.68. The van der Waals surface area contributed by atoms with E-state index in [2.05, 4.69) is 21.2 Å². The van der Waals surface area contributed by atoms with E-state index >= 15 is 0 Å². The van der Waals surface area contributed by atoms with E-state index < -0.39 is 10.0 Å². The first kappa shape index (κ1) is 25.0. The molecule has 0 unspecified atom stereocenters. The third-order valence-electron chi connectivity index (χ3n) is 5.25. The fourth-order valence-corrected chi connectivity index (χ4v) is 5.15. The fraction of sp³-hybridized carbons (Fsp3) is 0.240. The molecule has 3 rings (SSSR count). The van der Waals surface area contributed by atoms with Gasteiger partial charge in [-0.1, -0.05) is 64.5 Å². The van der Waals surface area contributed by atoms with Crippen LogP contribution in [0.2, 0.25) is 0 Å². The van der Waals surface area contributed by atoms with Gasteiger partial charge in [-0.3, -0.25) is 4.79 Å².